The average Bonchev–Trinajstić information content (AvgIpc) is 2.42. The molecule has 1 aliphatic heterocycles. The highest BCUT2D eigenvalue weighted by Gasteiger charge is 2.27. The Morgan fingerprint density at radius 3 is 2.50 bits per heavy atom. The summed E-state index contributed by atoms with van der Waals surface area (Å²) < 4.78 is 0. The van der Waals surface area contributed by atoms with Gasteiger partial charge in [0.1, 0.15) is 6.04 Å². The summed E-state index contributed by atoms with van der Waals surface area (Å²) >= 11 is 0. The summed E-state index contributed by atoms with van der Waals surface area (Å²) in [5, 5.41) is 4.87. The van der Waals surface area contributed by atoms with Gasteiger partial charge in [-0.15, -0.1) is 0 Å². The molecule has 5 nitrogen and oxygen atoms in total. The lowest BCUT2D eigenvalue weighted by Gasteiger charge is -2.21. The zero-order valence-electron chi connectivity index (χ0n) is 11.6. The van der Waals surface area contributed by atoms with Crippen LogP contribution in [0.15, 0.2) is 24.3 Å². The predicted octanol–water partition coefficient (Wildman–Crippen LogP) is 1.84. The van der Waals surface area contributed by atoms with E-state index in [1.54, 1.807) is 12.1 Å². The number of carbonyl (C=O) groups excluding carboxylic acids is 3. The molecule has 3 amide bonds. The minimum Gasteiger partial charge on any atom is -0.340 e. The molecule has 0 spiro atoms. The van der Waals surface area contributed by atoms with Gasteiger partial charge in [0.2, 0.25) is 11.8 Å². The van der Waals surface area contributed by atoms with Crippen molar-refractivity contribution in [2.75, 3.05) is 0 Å². The minimum absolute atomic E-state index is 0. The van der Waals surface area contributed by atoms with Crippen molar-refractivity contribution < 1.29 is 17.2 Å². The lowest BCUT2D eigenvalue weighted by Crippen LogP contribution is -2.52. The van der Waals surface area contributed by atoms with E-state index >= 15 is 0 Å². The number of piperidine rings is 1. The van der Waals surface area contributed by atoms with E-state index in [1.807, 2.05) is 12.1 Å². The van der Waals surface area contributed by atoms with Crippen LogP contribution in [0, 0.1) is 0 Å². The number of carbonyl (C=O) groups is 3. The van der Waals surface area contributed by atoms with E-state index in [0.29, 0.717) is 17.9 Å². The molecule has 0 radical (unpaired) electrons. The van der Waals surface area contributed by atoms with Crippen molar-refractivity contribution >= 4 is 17.7 Å². The maximum absolute atomic E-state index is 12.0. The van der Waals surface area contributed by atoms with Crippen LogP contribution >= 0.6 is 0 Å². The Morgan fingerprint density at radius 2 is 1.95 bits per heavy atom. The number of benzene rings is 1. The Labute approximate surface area is 120 Å². The predicted molar refractivity (Wildman–Crippen MR) is 78.4 cm³/mol. The van der Waals surface area contributed by atoms with Crippen LogP contribution in [0.1, 0.15) is 51.4 Å². The number of rotatable bonds is 3. The topological polar surface area (TPSA) is 75.3 Å². The van der Waals surface area contributed by atoms with E-state index in [0.717, 1.165) is 5.56 Å². The molecule has 1 fully saturated rings. The van der Waals surface area contributed by atoms with Gasteiger partial charge in [-0.3, -0.25) is 19.7 Å². The van der Waals surface area contributed by atoms with Gasteiger partial charge in [-0.05, 0) is 30.0 Å². The summed E-state index contributed by atoms with van der Waals surface area (Å²) in [6.07, 6.45) is 0.601. The Kier molecular flexibility index (Phi) is 4.17. The van der Waals surface area contributed by atoms with Crippen molar-refractivity contribution in [1.82, 2.24) is 10.6 Å². The normalized spacial score (nSPS) is 18.9. The molecule has 0 aliphatic carbocycles. The summed E-state index contributed by atoms with van der Waals surface area (Å²) in [6.45, 7) is 4.16. The van der Waals surface area contributed by atoms with Gasteiger partial charge in [0, 0.05) is 14.8 Å². The molecular weight excluding hydrogens is 256 g/mol. The lowest BCUT2D eigenvalue weighted by molar-refractivity contribution is -0.134. The van der Waals surface area contributed by atoms with E-state index in [1.165, 1.54) is 0 Å². The van der Waals surface area contributed by atoms with Crippen molar-refractivity contribution in [3.63, 3.8) is 0 Å². The SMILES string of the molecule is CC(C)c1ccc(C(=O)NC2CCC(=O)NC2=O)cc1.[HH].[HH]. The van der Waals surface area contributed by atoms with E-state index < -0.39 is 11.9 Å². The third-order valence-corrected chi connectivity index (χ3v) is 3.38. The highest BCUT2D eigenvalue weighted by molar-refractivity contribution is 6.03. The second-order valence-corrected chi connectivity index (χ2v) is 5.25. The summed E-state index contributed by atoms with van der Waals surface area (Å²) in [4.78, 5) is 34.6. The molecule has 2 rings (SSSR count). The quantitative estimate of drug-likeness (QED) is 0.828. The number of imide groups is 1. The number of hydrogen-bond donors (Lipinski definition) is 2. The largest absolute Gasteiger partial charge is 0.340 e. The number of amides is 3. The first-order valence-electron chi connectivity index (χ1n) is 6.72. The maximum Gasteiger partial charge on any atom is 0.251 e. The van der Waals surface area contributed by atoms with Gasteiger partial charge in [0.25, 0.3) is 5.91 Å². The van der Waals surface area contributed by atoms with Gasteiger partial charge in [-0.25, -0.2) is 0 Å². The van der Waals surface area contributed by atoms with Gasteiger partial charge in [0.05, 0.1) is 0 Å². The lowest BCUT2D eigenvalue weighted by atomic mass is 10.0. The van der Waals surface area contributed by atoms with Gasteiger partial charge in [-0.1, -0.05) is 26.0 Å². The molecule has 1 aliphatic rings. The Bertz CT molecular complexity index is 544. The van der Waals surface area contributed by atoms with Crippen LogP contribution in [-0.2, 0) is 9.59 Å². The second-order valence-electron chi connectivity index (χ2n) is 5.25. The van der Waals surface area contributed by atoms with Gasteiger partial charge >= 0.3 is 0 Å². The van der Waals surface area contributed by atoms with Crippen LogP contribution < -0.4 is 10.6 Å². The molecule has 1 unspecified atom stereocenters. The van der Waals surface area contributed by atoms with E-state index in [9.17, 15) is 14.4 Å². The zero-order valence-corrected chi connectivity index (χ0v) is 11.6. The third-order valence-electron chi connectivity index (χ3n) is 3.38. The average molecular weight is 278 g/mol. The van der Waals surface area contributed by atoms with Crippen molar-refractivity contribution in [3.8, 4) is 0 Å². The van der Waals surface area contributed by atoms with Gasteiger partial charge < -0.3 is 5.32 Å². The van der Waals surface area contributed by atoms with Crippen LogP contribution in [0.2, 0.25) is 0 Å². The highest BCUT2D eigenvalue weighted by Crippen LogP contribution is 2.15. The summed E-state index contributed by atoms with van der Waals surface area (Å²) in [6, 6.07) is 6.67. The van der Waals surface area contributed by atoms with Gasteiger partial charge in [0.15, 0.2) is 0 Å². The molecule has 5 heteroatoms. The Balaban J connectivity index is 0.00000220. The first kappa shape index (κ1) is 14.2. The fourth-order valence-electron chi connectivity index (χ4n) is 2.09. The van der Waals surface area contributed by atoms with Crippen molar-refractivity contribution in [2.45, 2.75) is 38.6 Å². The van der Waals surface area contributed by atoms with E-state index in [2.05, 4.69) is 24.5 Å². The summed E-state index contributed by atoms with van der Waals surface area (Å²) in [5.41, 5.74) is 1.67. The van der Waals surface area contributed by atoms with Crippen LogP contribution in [-0.4, -0.2) is 23.8 Å². The van der Waals surface area contributed by atoms with Crippen molar-refractivity contribution in [2.24, 2.45) is 0 Å². The molecule has 0 bridgehead atoms. The Hall–Kier alpha value is -2.17. The molecule has 110 valence electrons. The van der Waals surface area contributed by atoms with Crippen LogP contribution in [0.3, 0.4) is 0 Å². The molecule has 1 atom stereocenters. The smallest absolute Gasteiger partial charge is 0.251 e. The number of nitrogens with one attached hydrogen (secondary N) is 2. The molecule has 1 aromatic carbocycles. The third kappa shape index (κ3) is 3.23. The van der Waals surface area contributed by atoms with Crippen molar-refractivity contribution in [1.29, 1.82) is 0 Å². The number of hydrogen-bond acceptors (Lipinski definition) is 3. The van der Waals surface area contributed by atoms with Crippen LogP contribution in [0.5, 0.6) is 0 Å². The van der Waals surface area contributed by atoms with E-state index in [4.69, 9.17) is 0 Å². The molecule has 1 saturated heterocycles. The maximum atomic E-state index is 12.0. The van der Waals surface area contributed by atoms with Crippen LogP contribution in [0.25, 0.3) is 0 Å². The van der Waals surface area contributed by atoms with Crippen LogP contribution in [0.4, 0.5) is 0 Å². The molecule has 1 heterocycles. The second kappa shape index (κ2) is 5.86. The molecular formula is C15H22N2O3. The standard InChI is InChI=1S/C15H18N2O3.2H2/c1-9(2)10-3-5-11(6-4-10)14(19)16-12-7-8-13(18)17-15(12)20;;/h3-6,9,12H,7-8H2,1-2H3,(H,16,19)(H,17,18,20);2*1H. The fraction of sp³-hybridized carbons (Fsp3) is 0.400. The first-order chi connectivity index (χ1) is 9.47. The molecule has 20 heavy (non-hydrogen) atoms. The molecule has 0 aromatic heterocycles. The van der Waals surface area contributed by atoms with E-state index in [-0.39, 0.29) is 21.1 Å². The minimum atomic E-state index is -0.634. The van der Waals surface area contributed by atoms with Crippen molar-refractivity contribution in [3.05, 3.63) is 35.4 Å². The first-order valence-corrected chi connectivity index (χ1v) is 6.72. The monoisotopic (exact) mass is 278 g/mol. The van der Waals surface area contributed by atoms with Gasteiger partial charge in [-0.2, -0.15) is 0 Å². The molecule has 0 saturated carbocycles. The summed E-state index contributed by atoms with van der Waals surface area (Å²) in [5.74, 6) is -0.618. The zero-order chi connectivity index (χ0) is 14.7. The molecule has 2 N–H and O–H groups in total. The summed E-state index contributed by atoms with van der Waals surface area (Å²) in [7, 11) is 0. The fourth-order valence-corrected chi connectivity index (χ4v) is 2.09. The Morgan fingerprint density at radius 1 is 1.30 bits per heavy atom. The molecule has 1 aromatic rings. The highest BCUT2D eigenvalue weighted by atomic mass is 16.2.